The van der Waals surface area contributed by atoms with Crippen molar-refractivity contribution in [1.29, 1.82) is 0 Å². The summed E-state index contributed by atoms with van der Waals surface area (Å²) in [6, 6.07) is -0.121. The molecule has 122 valence electrons. The Bertz CT molecular complexity index is 519. The van der Waals surface area contributed by atoms with Crippen LogP contribution < -0.4 is 5.32 Å². The normalized spacial score (nSPS) is 28.8. The highest BCUT2D eigenvalue weighted by atomic mass is 16.5. The summed E-state index contributed by atoms with van der Waals surface area (Å²) in [6.07, 6.45) is 4.21. The van der Waals surface area contributed by atoms with Crippen LogP contribution in [-0.2, 0) is 11.3 Å². The molecule has 2 amide bonds. The number of hydrogen-bond donors (Lipinski definition) is 3. The average molecular weight is 308 g/mol. The maximum absolute atomic E-state index is 12.5. The minimum absolute atomic E-state index is 0.0308. The molecule has 1 aliphatic carbocycles. The summed E-state index contributed by atoms with van der Waals surface area (Å²) in [6.45, 7) is 4.03. The monoisotopic (exact) mass is 308 g/mol. The van der Waals surface area contributed by atoms with Crippen molar-refractivity contribution in [2.75, 3.05) is 19.8 Å². The van der Waals surface area contributed by atoms with Crippen LogP contribution in [0.4, 0.5) is 4.79 Å². The Kier molecular flexibility index (Phi) is 4.63. The average Bonchev–Trinajstić information content (AvgIpc) is 3.13. The molecule has 3 unspecified atom stereocenters. The van der Waals surface area contributed by atoms with Crippen molar-refractivity contribution in [1.82, 2.24) is 20.4 Å². The number of aryl methyl sites for hydroxylation is 1. The Hall–Kier alpha value is -1.60. The Morgan fingerprint density at radius 2 is 2.45 bits per heavy atom. The molecular formula is C15H24N4O3. The summed E-state index contributed by atoms with van der Waals surface area (Å²) in [5.74, 6) is 0.127. The summed E-state index contributed by atoms with van der Waals surface area (Å²) in [5, 5.41) is 19.9. The number of hydrogen-bond acceptors (Lipinski definition) is 4. The van der Waals surface area contributed by atoms with Crippen molar-refractivity contribution >= 4 is 6.03 Å². The summed E-state index contributed by atoms with van der Waals surface area (Å²) >= 11 is 0. The van der Waals surface area contributed by atoms with Crippen LogP contribution in [0.15, 0.2) is 6.20 Å². The SMILES string of the molecule is Cc1[nH]ncc1CNC(=O)N1CCOCC1C1CCCC1O. The molecule has 3 atom stereocenters. The molecule has 22 heavy (non-hydrogen) atoms. The molecule has 2 fully saturated rings. The fraction of sp³-hybridized carbons (Fsp3) is 0.733. The van der Waals surface area contributed by atoms with E-state index in [1.165, 1.54) is 0 Å². The van der Waals surface area contributed by atoms with Crippen molar-refractivity contribution in [2.24, 2.45) is 5.92 Å². The lowest BCUT2D eigenvalue weighted by Crippen LogP contribution is -2.56. The van der Waals surface area contributed by atoms with E-state index in [4.69, 9.17) is 4.74 Å². The number of H-pyrrole nitrogens is 1. The lowest BCUT2D eigenvalue weighted by molar-refractivity contribution is -0.0309. The maximum atomic E-state index is 12.5. The highest BCUT2D eigenvalue weighted by Crippen LogP contribution is 2.32. The van der Waals surface area contributed by atoms with Crippen LogP contribution in [0.1, 0.15) is 30.5 Å². The van der Waals surface area contributed by atoms with Gasteiger partial charge < -0.3 is 20.1 Å². The molecule has 3 N–H and O–H groups in total. The predicted octanol–water partition coefficient (Wildman–Crippen LogP) is 0.790. The van der Waals surface area contributed by atoms with Crippen molar-refractivity contribution in [3.05, 3.63) is 17.5 Å². The number of aliphatic hydroxyl groups is 1. The molecule has 0 bridgehead atoms. The summed E-state index contributed by atoms with van der Waals surface area (Å²) < 4.78 is 5.54. The second-order valence-corrected chi connectivity index (χ2v) is 6.18. The Morgan fingerprint density at radius 1 is 1.59 bits per heavy atom. The number of aliphatic hydroxyl groups excluding tert-OH is 1. The van der Waals surface area contributed by atoms with E-state index in [2.05, 4.69) is 15.5 Å². The highest BCUT2D eigenvalue weighted by molar-refractivity contribution is 5.74. The van der Waals surface area contributed by atoms with E-state index in [1.807, 2.05) is 11.8 Å². The maximum Gasteiger partial charge on any atom is 0.318 e. The zero-order chi connectivity index (χ0) is 15.5. The number of carbonyl (C=O) groups is 1. The van der Waals surface area contributed by atoms with Crippen molar-refractivity contribution in [3.8, 4) is 0 Å². The van der Waals surface area contributed by atoms with E-state index < -0.39 is 0 Å². The van der Waals surface area contributed by atoms with Gasteiger partial charge in [-0.25, -0.2) is 4.79 Å². The molecule has 1 aromatic heterocycles. The first-order chi connectivity index (χ1) is 10.7. The number of morpholine rings is 1. The number of ether oxygens (including phenoxy) is 1. The Morgan fingerprint density at radius 3 is 3.14 bits per heavy atom. The third-order valence-corrected chi connectivity index (χ3v) is 4.82. The fourth-order valence-electron chi connectivity index (χ4n) is 3.47. The standard InChI is InChI=1S/C15H24N4O3/c1-10-11(8-17-18-10)7-16-15(21)19-5-6-22-9-13(19)12-3-2-4-14(12)20/h8,12-14,20H,2-7,9H2,1H3,(H,16,21)(H,17,18). The molecule has 1 aromatic rings. The molecule has 0 spiro atoms. The van der Waals surface area contributed by atoms with E-state index in [0.717, 1.165) is 30.5 Å². The van der Waals surface area contributed by atoms with Crippen LogP contribution >= 0.6 is 0 Å². The zero-order valence-electron chi connectivity index (χ0n) is 12.9. The van der Waals surface area contributed by atoms with Gasteiger partial charge in [0.2, 0.25) is 0 Å². The molecule has 0 radical (unpaired) electrons. The van der Waals surface area contributed by atoms with Crippen LogP contribution in [0.2, 0.25) is 0 Å². The van der Waals surface area contributed by atoms with Crippen LogP contribution in [0, 0.1) is 12.8 Å². The molecule has 1 saturated carbocycles. The molecule has 2 heterocycles. The third-order valence-electron chi connectivity index (χ3n) is 4.82. The van der Waals surface area contributed by atoms with E-state index in [-0.39, 0.29) is 24.1 Å². The van der Waals surface area contributed by atoms with Gasteiger partial charge in [-0.1, -0.05) is 6.42 Å². The number of nitrogens with zero attached hydrogens (tertiary/aromatic N) is 2. The number of amides is 2. The van der Waals surface area contributed by atoms with Gasteiger partial charge in [0.25, 0.3) is 0 Å². The summed E-state index contributed by atoms with van der Waals surface area (Å²) in [7, 11) is 0. The second kappa shape index (κ2) is 6.66. The number of carbonyl (C=O) groups excluding carboxylic acids is 1. The van der Waals surface area contributed by atoms with Crippen molar-refractivity contribution in [3.63, 3.8) is 0 Å². The van der Waals surface area contributed by atoms with E-state index in [0.29, 0.717) is 26.3 Å². The minimum Gasteiger partial charge on any atom is -0.393 e. The highest BCUT2D eigenvalue weighted by Gasteiger charge is 2.39. The number of nitrogens with one attached hydrogen (secondary N) is 2. The van der Waals surface area contributed by atoms with Gasteiger partial charge in [-0.05, 0) is 19.8 Å². The van der Waals surface area contributed by atoms with Gasteiger partial charge in [0.05, 0.1) is 31.6 Å². The summed E-state index contributed by atoms with van der Waals surface area (Å²) in [5.41, 5.74) is 1.95. The predicted molar refractivity (Wildman–Crippen MR) is 80.2 cm³/mol. The van der Waals surface area contributed by atoms with Gasteiger partial charge in [0.15, 0.2) is 0 Å². The van der Waals surface area contributed by atoms with Crippen LogP contribution in [0.5, 0.6) is 0 Å². The summed E-state index contributed by atoms with van der Waals surface area (Å²) in [4.78, 5) is 14.4. The van der Waals surface area contributed by atoms with Gasteiger partial charge >= 0.3 is 6.03 Å². The first-order valence-corrected chi connectivity index (χ1v) is 7.96. The number of rotatable bonds is 3. The fourth-order valence-corrected chi connectivity index (χ4v) is 3.47. The number of aromatic amines is 1. The van der Waals surface area contributed by atoms with Gasteiger partial charge in [0, 0.05) is 30.3 Å². The van der Waals surface area contributed by atoms with E-state index in [9.17, 15) is 9.90 Å². The molecule has 3 rings (SSSR count). The molecule has 1 aliphatic heterocycles. The minimum atomic E-state index is -0.321. The van der Waals surface area contributed by atoms with E-state index >= 15 is 0 Å². The van der Waals surface area contributed by atoms with Crippen LogP contribution in [-0.4, -0.2) is 58.1 Å². The molecule has 7 nitrogen and oxygen atoms in total. The lowest BCUT2D eigenvalue weighted by Gasteiger charge is -2.39. The van der Waals surface area contributed by atoms with Crippen LogP contribution in [0.3, 0.4) is 0 Å². The van der Waals surface area contributed by atoms with Gasteiger partial charge in [-0.3, -0.25) is 5.10 Å². The quantitative estimate of drug-likeness (QED) is 0.770. The molecule has 0 aromatic carbocycles. The number of urea groups is 1. The first kappa shape index (κ1) is 15.3. The molecule has 1 saturated heterocycles. The Labute approximate surface area is 130 Å². The second-order valence-electron chi connectivity index (χ2n) is 6.18. The Balaban J connectivity index is 1.62. The largest absolute Gasteiger partial charge is 0.393 e. The van der Waals surface area contributed by atoms with Crippen molar-refractivity contribution < 1.29 is 14.6 Å². The van der Waals surface area contributed by atoms with E-state index in [1.54, 1.807) is 6.20 Å². The van der Waals surface area contributed by atoms with Gasteiger partial charge in [0.1, 0.15) is 0 Å². The lowest BCUT2D eigenvalue weighted by atomic mass is 9.94. The van der Waals surface area contributed by atoms with Gasteiger partial charge in [-0.15, -0.1) is 0 Å². The smallest absolute Gasteiger partial charge is 0.318 e. The molecule has 7 heteroatoms. The van der Waals surface area contributed by atoms with Crippen molar-refractivity contribution in [2.45, 2.75) is 44.9 Å². The molecule has 2 aliphatic rings. The first-order valence-electron chi connectivity index (χ1n) is 7.96. The third kappa shape index (κ3) is 3.10. The number of aromatic nitrogens is 2. The van der Waals surface area contributed by atoms with Gasteiger partial charge in [-0.2, -0.15) is 5.10 Å². The van der Waals surface area contributed by atoms with Crippen LogP contribution in [0.25, 0.3) is 0 Å². The molecular weight excluding hydrogens is 284 g/mol. The zero-order valence-corrected chi connectivity index (χ0v) is 12.9. The topological polar surface area (TPSA) is 90.5 Å².